The van der Waals surface area contributed by atoms with Gasteiger partial charge in [0.1, 0.15) is 17.1 Å². The second-order valence-corrected chi connectivity index (χ2v) is 6.11. The maximum Gasteiger partial charge on any atom is 0.433 e. The number of rotatable bonds is 5. The van der Waals surface area contributed by atoms with E-state index in [2.05, 4.69) is 36.5 Å². The van der Waals surface area contributed by atoms with Crippen molar-refractivity contribution >= 4 is 21.6 Å². The summed E-state index contributed by atoms with van der Waals surface area (Å²) in [5, 5.41) is 10.9. The summed E-state index contributed by atoms with van der Waals surface area (Å²) in [7, 11) is 1.56. The van der Waals surface area contributed by atoms with Crippen LogP contribution in [0.2, 0.25) is 0 Å². The van der Waals surface area contributed by atoms with Gasteiger partial charge in [-0.05, 0) is 40.2 Å². The van der Waals surface area contributed by atoms with Crippen molar-refractivity contribution in [3.8, 4) is 11.4 Å². The van der Waals surface area contributed by atoms with E-state index in [-0.39, 0.29) is 6.54 Å². The Kier molecular flexibility index (Phi) is 5.12. The van der Waals surface area contributed by atoms with Gasteiger partial charge < -0.3 is 10.1 Å². The maximum absolute atomic E-state index is 12.7. The monoisotopic (exact) mass is 427 g/mol. The fourth-order valence-corrected chi connectivity index (χ4v) is 2.59. The highest BCUT2D eigenvalue weighted by atomic mass is 79.9. The molecule has 1 N–H and O–H groups in total. The Bertz CT molecular complexity index is 913. The van der Waals surface area contributed by atoms with Gasteiger partial charge >= 0.3 is 6.18 Å². The van der Waals surface area contributed by atoms with E-state index < -0.39 is 11.9 Å². The first-order valence-corrected chi connectivity index (χ1v) is 8.18. The fraction of sp³-hybridized carbons (Fsp3) is 0.188. The Morgan fingerprint density at radius 1 is 1.23 bits per heavy atom. The largest absolute Gasteiger partial charge is 0.495 e. The van der Waals surface area contributed by atoms with Gasteiger partial charge in [-0.2, -0.15) is 13.2 Å². The van der Waals surface area contributed by atoms with E-state index in [4.69, 9.17) is 4.74 Å². The van der Waals surface area contributed by atoms with Crippen molar-refractivity contribution in [3.05, 3.63) is 58.6 Å². The Balaban J connectivity index is 1.71. The molecule has 2 heterocycles. The molecule has 0 aliphatic carbocycles. The number of halogens is 4. The van der Waals surface area contributed by atoms with Crippen LogP contribution in [-0.2, 0) is 12.7 Å². The van der Waals surface area contributed by atoms with Gasteiger partial charge in [0.05, 0.1) is 30.0 Å². The molecule has 0 saturated heterocycles. The van der Waals surface area contributed by atoms with Gasteiger partial charge in [-0.25, -0.2) is 4.68 Å². The molecule has 26 heavy (non-hydrogen) atoms. The van der Waals surface area contributed by atoms with E-state index in [1.807, 2.05) is 12.1 Å². The van der Waals surface area contributed by atoms with Crippen LogP contribution in [0.5, 0.6) is 5.75 Å². The third kappa shape index (κ3) is 4.13. The second kappa shape index (κ2) is 7.32. The van der Waals surface area contributed by atoms with Crippen molar-refractivity contribution in [1.29, 1.82) is 0 Å². The molecule has 0 radical (unpaired) electrons. The van der Waals surface area contributed by atoms with Crippen LogP contribution >= 0.6 is 15.9 Å². The van der Waals surface area contributed by atoms with E-state index in [9.17, 15) is 13.2 Å². The van der Waals surface area contributed by atoms with Crippen LogP contribution in [0, 0.1) is 0 Å². The number of ether oxygens (including phenoxy) is 1. The van der Waals surface area contributed by atoms with Crippen LogP contribution in [0.25, 0.3) is 5.69 Å². The molecular weight excluding hydrogens is 415 g/mol. The van der Waals surface area contributed by atoms with Crippen LogP contribution in [0.1, 0.15) is 11.4 Å². The lowest BCUT2D eigenvalue weighted by atomic mass is 10.3. The number of pyridine rings is 1. The van der Waals surface area contributed by atoms with Crippen molar-refractivity contribution in [2.45, 2.75) is 12.7 Å². The molecule has 0 aliphatic rings. The molecule has 0 atom stereocenters. The van der Waals surface area contributed by atoms with E-state index in [0.717, 1.165) is 22.4 Å². The topological polar surface area (TPSA) is 64.9 Å². The predicted molar refractivity (Wildman–Crippen MR) is 92.2 cm³/mol. The zero-order valence-corrected chi connectivity index (χ0v) is 15.0. The molecule has 6 nitrogen and oxygen atoms in total. The molecule has 0 aliphatic heterocycles. The molecule has 0 spiro atoms. The molecule has 0 saturated carbocycles. The Hall–Kier alpha value is -2.62. The molecule has 136 valence electrons. The van der Waals surface area contributed by atoms with E-state index in [1.54, 1.807) is 24.1 Å². The Morgan fingerprint density at radius 2 is 2.04 bits per heavy atom. The van der Waals surface area contributed by atoms with Crippen LogP contribution in [0.15, 0.2) is 47.2 Å². The number of hydrogen-bond acceptors (Lipinski definition) is 5. The van der Waals surface area contributed by atoms with Crippen molar-refractivity contribution in [2.24, 2.45) is 0 Å². The lowest BCUT2D eigenvalue weighted by Gasteiger charge is -2.08. The average molecular weight is 428 g/mol. The van der Waals surface area contributed by atoms with Gasteiger partial charge in [0, 0.05) is 18.0 Å². The quantitative estimate of drug-likeness (QED) is 0.664. The number of nitrogens with zero attached hydrogens (tertiary/aromatic N) is 4. The first-order valence-electron chi connectivity index (χ1n) is 7.39. The summed E-state index contributed by atoms with van der Waals surface area (Å²) < 4.78 is 45.7. The predicted octanol–water partition coefficient (Wildman–Crippen LogP) is 4.06. The van der Waals surface area contributed by atoms with Gasteiger partial charge in [-0.1, -0.05) is 5.21 Å². The summed E-state index contributed by atoms with van der Waals surface area (Å²) in [5.74, 6) is 0.647. The van der Waals surface area contributed by atoms with Crippen LogP contribution in [0.3, 0.4) is 0 Å². The molecule has 0 fully saturated rings. The molecule has 2 aromatic heterocycles. The normalized spacial score (nSPS) is 11.4. The number of hydrogen-bond donors (Lipinski definition) is 1. The third-order valence-corrected chi connectivity index (χ3v) is 4.12. The Morgan fingerprint density at radius 3 is 2.77 bits per heavy atom. The van der Waals surface area contributed by atoms with Crippen LogP contribution in [-0.4, -0.2) is 27.1 Å². The number of methoxy groups -OCH3 is 1. The van der Waals surface area contributed by atoms with Gasteiger partial charge in [0.2, 0.25) is 0 Å². The molecule has 0 unspecified atom stereocenters. The number of anilines is 1. The van der Waals surface area contributed by atoms with Gasteiger partial charge in [0.15, 0.2) is 0 Å². The number of aromatic nitrogens is 4. The highest BCUT2D eigenvalue weighted by molar-refractivity contribution is 9.10. The summed E-state index contributed by atoms with van der Waals surface area (Å²) in [6, 6.07) is 7.85. The highest BCUT2D eigenvalue weighted by Crippen LogP contribution is 2.29. The average Bonchev–Trinajstić information content (AvgIpc) is 3.09. The minimum absolute atomic E-state index is 0.217. The van der Waals surface area contributed by atoms with Crippen molar-refractivity contribution < 1.29 is 17.9 Å². The SMILES string of the molecule is COc1cc(-n2cc(CNc3ccnc(C(F)(F)F)c3)nn2)ccc1Br. The van der Waals surface area contributed by atoms with Crippen molar-refractivity contribution in [1.82, 2.24) is 20.0 Å². The van der Waals surface area contributed by atoms with Crippen LogP contribution in [0.4, 0.5) is 18.9 Å². The maximum atomic E-state index is 12.7. The van der Waals surface area contributed by atoms with Gasteiger partial charge in [-0.15, -0.1) is 5.10 Å². The smallest absolute Gasteiger partial charge is 0.433 e. The summed E-state index contributed by atoms with van der Waals surface area (Å²) >= 11 is 3.37. The standard InChI is InChI=1S/C16H13BrF3N5O/c1-26-14-7-12(2-3-13(14)17)25-9-11(23-24-25)8-22-10-4-5-21-15(6-10)16(18,19)20/h2-7,9H,8H2,1H3,(H,21,22). The molecule has 0 bridgehead atoms. The molecular formula is C16H13BrF3N5O. The zero-order valence-electron chi connectivity index (χ0n) is 13.5. The van der Waals surface area contributed by atoms with E-state index in [1.165, 1.54) is 6.07 Å². The molecule has 0 amide bonds. The molecule has 3 rings (SSSR count). The second-order valence-electron chi connectivity index (χ2n) is 5.25. The molecule has 1 aromatic carbocycles. The summed E-state index contributed by atoms with van der Waals surface area (Å²) in [6.07, 6.45) is -1.70. The van der Waals surface area contributed by atoms with E-state index >= 15 is 0 Å². The number of benzene rings is 1. The minimum atomic E-state index is -4.48. The zero-order chi connectivity index (χ0) is 18.7. The van der Waals surface area contributed by atoms with Crippen molar-refractivity contribution in [2.75, 3.05) is 12.4 Å². The Labute approximate surface area is 155 Å². The molecule has 10 heteroatoms. The summed E-state index contributed by atoms with van der Waals surface area (Å²) in [5.41, 5.74) is 0.657. The third-order valence-electron chi connectivity index (χ3n) is 3.46. The van der Waals surface area contributed by atoms with Gasteiger partial charge in [0.25, 0.3) is 0 Å². The summed E-state index contributed by atoms with van der Waals surface area (Å²) in [4.78, 5) is 3.32. The number of nitrogens with one attached hydrogen (secondary N) is 1. The van der Waals surface area contributed by atoms with Gasteiger partial charge in [-0.3, -0.25) is 4.98 Å². The number of alkyl halides is 3. The van der Waals surface area contributed by atoms with Crippen molar-refractivity contribution in [3.63, 3.8) is 0 Å². The van der Waals surface area contributed by atoms with E-state index in [0.29, 0.717) is 17.1 Å². The van der Waals surface area contributed by atoms with Crippen LogP contribution < -0.4 is 10.1 Å². The highest BCUT2D eigenvalue weighted by Gasteiger charge is 2.32. The molecule has 3 aromatic rings. The lowest BCUT2D eigenvalue weighted by Crippen LogP contribution is -2.09. The minimum Gasteiger partial charge on any atom is -0.495 e. The first kappa shape index (κ1) is 18.2. The summed E-state index contributed by atoms with van der Waals surface area (Å²) in [6.45, 7) is 0.217. The lowest BCUT2D eigenvalue weighted by molar-refractivity contribution is -0.141. The first-order chi connectivity index (χ1) is 12.4. The fourth-order valence-electron chi connectivity index (χ4n) is 2.18.